The maximum atomic E-state index is 12.4. The number of nitrogens with zero attached hydrogens (tertiary/aromatic N) is 1. The van der Waals surface area contributed by atoms with E-state index >= 15 is 0 Å². The molecule has 1 aliphatic rings. The normalized spacial score (nSPS) is 13.6. The van der Waals surface area contributed by atoms with Crippen molar-refractivity contribution in [2.24, 2.45) is 0 Å². The summed E-state index contributed by atoms with van der Waals surface area (Å²) in [7, 11) is 0. The van der Waals surface area contributed by atoms with Gasteiger partial charge >= 0.3 is 0 Å². The van der Waals surface area contributed by atoms with Crippen LogP contribution >= 0.6 is 0 Å². The van der Waals surface area contributed by atoms with E-state index in [-0.39, 0.29) is 5.91 Å². The van der Waals surface area contributed by atoms with E-state index in [1.54, 1.807) is 0 Å². The number of carbonyl (C=O) groups excluding carboxylic acids is 1. The van der Waals surface area contributed by atoms with Crippen molar-refractivity contribution in [3.63, 3.8) is 0 Å². The molecule has 3 rings (SSSR count). The topological polar surface area (TPSA) is 29.5 Å². The van der Waals surface area contributed by atoms with Crippen molar-refractivity contribution in [3.8, 4) is 5.75 Å². The molecule has 0 atom stereocenters. The molecule has 1 amide bonds. The molecule has 0 radical (unpaired) electrons. The number of carbonyl (C=O) groups is 1. The lowest BCUT2D eigenvalue weighted by Crippen LogP contribution is -2.36. The Morgan fingerprint density at radius 1 is 1.13 bits per heavy atom. The van der Waals surface area contributed by atoms with Crippen LogP contribution in [0.2, 0.25) is 0 Å². The molecule has 0 fully saturated rings. The third kappa shape index (κ3) is 3.73. The van der Waals surface area contributed by atoms with Crippen LogP contribution in [0.15, 0.2) is 42.5 Å². The van der Waals surface area contributed by atoms with E-state index < -0.39 is 0 Å². The van der Waals surface area contributed by atoms with Crippen molar-refractivity contribution in [1.82, 2.24) is 4.90 Å². The van der Waals surface area contributed by atoms with E-state index in [9.17, 15) is 4.79 Å². The Balaban J connectivity index is 1.53. The Kier molecular flexibility index (Phi) is 4.65. The highest BCUT2D eigenvalue weighted by Gasteiger charge is 2.20. The zero-order chi connectivity index (χ0) is 16.2. The minimum atomic E-state index is 0.171. The van der Waals surface area contributed by atoms with Gasteiger partial charge in [0.2, 0.25) is 5.91 Å². The van der Waals surface area contributed by atoms with Crippen molar-refractivity contribution in [3.05, 3.63) is 64.7 Å². The second kappa shape index (κ2) is 6.86. The summed E-state index contributed by atoms with van der Waals surface area (Å²) in [5.74, 6) is 1.05. The first-order chi connectivity index (χ1) is 11.1. The molecule has 0 unspecified atom stereocenters. The number of fused-ring (bicyclic) bond motifs is 1. The molecular weight excluding hydrogens is 286 g/mol. The summed E-state index contributed by atoms with van der Waals surface area (Å²) < 4.78 is 5.80. The predicted molar refractivity (Wildman–Crippen MR) is 91.6 cm³/mol. The van der Waals surface area contributed by atoms with Crippen LogP contribution in [0.5, 0.6) is 5.75 Å². The van der Waals surface area contributed by atoms with E-state index in [2.05, 4.69) is 24.3 Å². The molecule has 2 aromatic rings. The third-order valence-corrected chi connectivity index (χ3v) is 4.40. The zero-order valence-corrected chi connectivity index (χ0v) is 13.8. The van der Waals surface area contributed by atoms with Crippen molar-refractivity contribution in [2.45, 2.75) is 33.2 Å². The standard InChI is InChI=1S/C20H23NO2/c1-15-7-8-16(2)19(13-15)23-12-10-20(22)21-11-9-17-5-3-4-6-18(17)14-21/h3-8,13H,9-12,14H2,1-2H3. The number of ether oxygens (including phenoxy) is 1. The van der Waals surface area contributed by atoms with Gasteiger partial charge in [-0.05, 0) is 48.6 Å². The first-order valence-corrected chi connectivity index (χ1v) is 8.18. The van der Waals surface area contributed by atoms with Gasteiger partial charge in [0.15, 0.2) is 0 Å². The second-order valence-corrected chi connectivity index (χ2v) is 6.20. The van der Waals surface area contributed by atoms with E-state index in [1.165, 1.54) is 16.7 Å². The fourth-order valence-corrected chi connectivity index (χ4v) is 2.98. The molecule has 0 aliphatic carbocycles. The average Bonchev–Trinajstić information content (AvgIpc) is 2.57. The van der Waals surface area contributed by atoms with Crippen LogP contribution in [0.1, 0.15) is 28.7 Å². The molecule has 0 aromatic heterocycles. The summed E-state index contributed by atoms with van der Waals surface area (Å²) in [6.07, 6.45) is 1.37. The lowest BCUT2D eigenvalue weighted by molar-refractivity contribution is -0.132. The fourth-order valence-electron chi connectivity index (χ4n) is 2.98. The van der Waals surface area contributed by atoms with E-state index in [0.29, 0.717) is 13.0 Å². The van der Waals surface area contributed by atoms with Crippen molar-refractivity contribution in [2.75, 3.05) is 13.2 Å². The minimum absolute atomic E-state index is 0.171. The van der Waals surface area contributed by atoms with Crippen LogP contribution in [0.4, 0.5) is 0 Å². The van der Waals surface area contributed by atoms with Crippen molar-refractivity contribution in [1.29, 1.82) is 0 Å². The maximum Gasteiger partial charge on any atom is 0.226 e. The third-order valence-electron chi connectivity index (χ3n) is 4.40. The zero-order valence-electron chi connectivity index (χ0n) is 13.8. The molecule has 3 nitrogen and oxygen atoms in total. The molecule has 1 heterocycles. The van der Waals surface area contributed by atoms with Crippen LogP contribution in [0.25, 0.3) is 0 Å². The van der Waals surface area contributed by atoms with Gasteiger partial charge in [0, 0.05) is 13.1 Å². The Bertz CT molecular complexity index is 709. The number of benzene rings is 2. The fraction of sp³-hybridized carbons (Fsp3) is 0.350. The van der Waals surface area contributed by atoms with Gasteiger partial charge in [-0.1, -0.05) is 36.4 Å². The SMILES string of the molecule is Cc1ccc(C)c(OCCC(=O)N2CCc3ccccc3C2)c1. The van der Waals surface area contributed by atoms with Crippen molar-refractivity contribution >= 4 is 5.91 Å². The molecule has 120 valence electrons. The largest absolute Gasteiger partial charge is 0.493 e. The smallest absolute Gasteiger partial charge is 0.226 e. The Hall–Kier alpha value is -2.29. The maximum absolute atomic E-state index is 12.4. The van der Waals surface area contributed by atoms with Gasteiger partial charge in [-0.15, -0.1) is 0 Å². The minimum Gasteiger partial charge on any atom is -0.493 e. The molecule has 1 aliphatic heterocycles. The summed E-state index contributed by atoms with van der Waals surface area (Å²) in [6.45, 7) is 6.03. The molecule has 2 aromatic carbocycles. The lowest BCUT2D eigenvalue weighted by Gasteiger charge is -2.29. The molecule has 0 saturated carbocycles. The molecule has 23 heavy (non-hydrogen) atoms. The van der Waals surface area contributed by atoms with Gasteiger partial charge in [0.25, 0.3) is 0 Å². The first kappa shape index (κ1) is 15.6. The van der Waals surface area contributed by atoms with Gasteiger partial charge in [0.1, 0.15) is 5.75 Å². The Labute approximate surface area is 137 Å². The quantitative estimate of drug-likeness (QED) is 0.862. The van der Waals surface area contributed by atoms with Crippen LogP contribution in [0, 0.1) is 13.8 Å². The summed E-state index contributed by atoms with van der Waals surface area (Å²) in [5.41, 5.74) is 4.91. The van der Waals surface area contributed by atoms with E-state index in [1.807, 2.05) is 36.9 Å². The molecule has 0 saturated heterocycles. The van der Waals surface area contributed by atoms with Gasteiger partial charge in [-0.2, -0.15) is 0 Å². The molecule has 0 bridgehead atoms. The van der Waals surface area contributed by atoms with Gasteiger partial charge < -0.3 is 9.64 Å². The highest BCUT2D eigenvalue weighted by atomic mass is 16.5. The molecular formula is C20H23NO2. The number of hydrogen-bond acceptors (Lipinski definition) is 2. The lowest BCUT2D eigenvalue weighted by atomic mass is 10.00. The van der Waals surface area contributed by atoms with Gasteiger partial charge in [0.05, 0.1) is 13.0 Å². The highest BCUT2D eigenvalue weighted by molar-refractivity contribution is 5.76. The van der Waals surface area contributed by atoms with Gasteiger partial charge in [-0.25, -0.2) is 0 Å². The number of hydrogen-bond donors (Lipinski definition) is 0. The van der Waals surface area contributed by atoms with Crippen LogP contribution in [-0.2, 0) is 17.8 Å². The second-order valence-electron chi connectivity index (χ2n) is 6.20. The molecule has 3 heteroatoms. The summed E-state index contributed by atoms with van der Waals surface area (Å²) in [6, 6.07) is 14.5. The highest BCUT2D eigenvalue weighted by Crippen LogP contribution is 2.21. The first-order valence-electron chi connectivity index (χ1n) is 8.18. The van der Waals surface area contributed by atoms with Gasteiger partial charge in [-0.3, -0.25) is 4.79 Å². The Morgan fingerprint density at radius 3 is 2.74 bits per heavy atom. The van der Waals surface area contributed by atoms with Crippen molar-refractivity contribution < 1.29 is 9.53 Å². The number of rotatable bonds is 4. The summed E-state index contributed by atoms with van der Waals surface area (Å²) in [5, 5.41) is 0. The average molecular weight is 309 g/mol. The molecule has 0 N–H and O–H groups in total. The van der Waals surface area contributed by atoms with E-state index in [0.717, 1.165) is 30.8 Å². The van der Waals surface area contributed by atoms with Crippen LogP contribution < -0.4 is 4.74 Å². The predicted octanol–water partition coefficient (Wildman–Crippen LogP) is 3.66. The van der Waals surface area contributed by atoms with Crippen LogP contribution in [0.3, 0.4) is 0 Å². The summed E-state index contributed by atoms with van der Waals surface area (Å²) in [4.78, 5) is 14.3. The number of amides is 1. The number of aryl methyl sites for hydroxylation is 2. The van der Waals surface area contributed by atoms with Crippen LogP contribution in [-0.4, -0.2) is 24.0 Å². The summed E-state index contributed by atoms with van der Waals surface area (Å²) >= 11 is 0. The Morgan fingerprint density at radius 2 is 1.91 bits per heavy atom. The van der Waals surface area contributed by atoms with E-state index in [4.69, 9.17) is 4.74 Å². The molecule has 0 spiro atoms. The monoisotopic (exact) mass is 309 g/mol.